The minimum Gasteiger partial charge on any atom is -0.385 e. The summed E-state index contributed by atoms with van der Waals surface area (Å²) in [6.45, 7) is 0. The molecule has 0 amide bonds. The van der Waals surface area contributed by atoms with Gasteiger partial charge in [0.25, 0.3) is 5.69 Å². The van der Waals surface area contributed by atoms with Gasteiger partial charge in [-0.05, 0) is 5.56 Å². The number of carbonyl (C=O) groups excluding carboxylic acids is 1. The molecular formula is C16H15NO4. The van der Waals surface area contributed by atoms with Crippen molar-refractivity contribution >= 4 is 11.5 Å². The van der Waals surface area contributed by atoms with Crippen LogP contribution in [0.5, 0.6) is 0 Å². The van der Waals surface area contributed by atoms with Crippen LogP contribution in [0, 0.1) is 10.1 Å². The third-order valence-corrected chi connectivity index (χ3v) is 3.20. The number of ketones is 1. The van der Waals surface area contributed by atoms with Crippen molar-refractivity contribution in [2.24, 2.45) is 0 Å². The van der Waals surface area contributed by atoms with E-state index in [1.807, 2.05) is 30.3 Å². The molecule has 0 bridgehead atoms. The van der Waals surface area contributed by atoms with Crippen LogP contribution in [0.15, 0.2) is 54.6 Å². The van der Waals surface area contributed by atoms with Crippen molar-refractivity contribution in [3.8, 4) is 0 Å². The second-order valence-corrected chi connectivity index (χ2v) is 4.73. The summed E-state index contributed by atoms with van der Waals surface area (Å²) in [4.78, 5) is 22.4. The molecular weight excluding hydrogens is 270 g/mol. The predicted molar refractivity (Wildman–Crippen MR) is 78.0 cm³/mol. The summed E-state index contributed by atoms with van der Waals surface area (Å²) < 4.78 is 0. The molecule has 0 aliphatic rings. The Balaban J connectivity index is 2.06. The molecule has 0 heterocycles. The molecule has 0 spiro atoms. The highest BCUT2D eigenvalue weighted by molar-refractivity contribution is 5.86. The van der Waals surface area contributed by atoms with Gasteiger partial charge in [0, 0.05) is 24.5 Å². The highest BCUT2D eigenvalue weighted by Crippen LogP contribution is 2.19. The predicted octanol–water partition coefficient (Wildman–Crippen LogP) is 2.31. The molecule has 108 valence electrons. The van der Waals surface area contributed by atoms with E-state index in [1.165, 1.54) is 12.1 Å². The minimum absolute atomic E-state index is 0.0993. The quantitative estimate of drug-likeness (QED) is 0.652. The van der Waals surface area contributed by atoms with Crippen LogP contribution in [0.25, 0.3) is 0 Å². The van der Waals surface area contributed by atoms with Crippen LogP contribution in [0.2, 0.25) is 0 Å². The van der Waals surface area contributed by atoms with Gasteiger partial charge >= 0.3 is 0 Å². The number of Topliss-reactive ketones (excluding diaryl/α,β-unsaturated/α-hetero) is 1. The number of aliphatic hydroxyl groups excluding tert-OH is 1. The molecule has 2 aromatic rings. The maximum absolute atomic E-state index is 12.0. The summed E-state index contributed by atoms with van der Waals surface area (Å²) in [6.07, 6.45) is -1.10. The van der Waals surface area contributed by atoms with Crippen LogP contribution >= 0.6 is 0 Å². The Labute approximate surface area is 122 Å². The smallest absolute Gasteiger partial charge is 0.273 e. The Morgan fingerprint density at radius 1 is 1.10 bits per heavy atom. The van der Waals surface area contributed by atoms with Crippen molar-refractivity contribution in [3.63, 3.8) is 0 Å². The summed E-state index contributed by atoms with van der Waals surface area (Å²) >= 11 is 0. The van der Waals surface area contributed by atoms with E-state index >= 15 is 0 Å². The van der Waals surface area contributed by atoms with E-state index < -0.39 is 16.8 Å². The van der Waals surface area contributed by atoms with Crippen LogP contribution in [0.4, 0.5) is 5.69 Å². The monoisotopic (exact) mass is 285 g/mol. The van der Waals surface area contributed by atoms with Crippen molar-refractivity contribution < 1.29 is 14.8 Å². The van der Waals surface area contributed by atoms with Crippen LogP contribution in [-0.2, 0) is 17.6 Å². The number of aliphatic hydroxyl groups is 1. The van der Waals surface area contributed by atoms with Gasteiger partial charge in [-0.2, -0.15) is 0 Å². The molecule has 2 rings (SSSR count). The second-order valence-electron chi connectivity index (χ2n) is 4.73. The van der Waals surface area contributed by atoms with Gasteiger partial charge in [-0.3, -0.25) is 14.9 Å². The van der Waals surface area contributed by atoms with E-state index in [0.717, 1.165) is 5.56 Å². The second kappa shape index (κ2) is 6.76. The van der Waals surface area contributed by atoms with Crippen molar-refractivity contribution in [3.05, 3.63) is 75.8 Å². The van der Waals surface area contributed by atoms with Crippen LogP contribution in [0.1, 0.15) is 11.1 Å². The van der Waals surface area contributed by atoms with Gasteiger partial charge in [0.2, 0.25) is 0 Å². The molecule has 0 fully saturated rings. The van der Waals surface area contributed by atoms with Gasteiger partial charge in [0.15, 0.2) is 5.78 Å². The maximum atomic E-state index is 12.0. The Bertz CT molecular complexity index is 640. The molecule has 0 saturated carbocycles. The normalized spacial score (nSPS) is 11.9. The van der Waals surface area contributed by atoms with Crippen molar-refractivity contribution in [2.75, 3.05) is 0 Å². The van der Waals surface area contributed by atoms with Gasteiger partial charge in [0.05, 0.1) is 4.92 Å². The molecule has 0 radical (unpaired) electrons. The first-order valence-corrected chi connectivity index (χ1v) is 6.55. The lowest BCUT2D eigenvalue weighted by molar-refractivity contribution is -0.385. The van der Waals surface area contributed by atoms with Gasteiger partial charge in [-0.15, -0.1) is 0 Å². The van der Waals surface area contributed by atoms with E-state index in [2.05, 4.69) is 0 Å². The number of nitro benzene ring substituents is 1. The number of rotatable bonds is 6. The molecule has 5 nitrogen and oxygen atoms in total. The Morgan fingerprint density at radius 2 is 1.71 bits per heavy atom. The minimum atomic E-state index is -1.16. The summed E-state index contributed by atoms with van der Waals surface area (Å²) in [7, 11) is 0. The first kappa shape index (κ1) is 14.9. The average molecular weight is 285 g/mol. The topological polar surface area (TPSA) is 80.4 Å². The number of hydrogen-bond acceptors (Lipinski definition) is 4. The summed E-state index contributed by atoms with van der Waals surface area (Å²) in [5.74, 6) is -0.423. The number of para-hydroxylation sites is 1. The van der Waals surface area contributed by atoms with E-state index in [0.29, 0.717) is 5.56 Å². The molecule has 0 aliphatic heterocycles. The summed E-state index contributed by atoms with van der Waals surface area (Å²) in [5.41, 5.74) is 1.07. The number of benzene rings is 2. The molecule has 21 heavy (non-hydrogen) atoms. The van der Waals surface area contributed by atoms with E-state index in [-0.39, 0.29) is 18.5 Å². The molecule has 2 aromatic carbocycles. The van der Waals surface area contributed by atoms with Crippen LogP contribution in [-0.4, -0.2) is 21.9 Å². The highest BCUT2D eigenvalue weighted by atomic mass is 16.6. The van der Waals surface area contributed by atoms with Crippen molar-refractivity contribution in [2.45, 2.75) is 18.9 Å². The Morgan fingerprint density at radius 3 is 2.38 bits per heavy atom. The molecule has 0 aromatic heterocycles. The first-order chi connectivity index (χ1) is 10.1. The lowest BCUT2D eigenvalue weighted by atomic mass is 9.99. The van der Waals surface area contributed by atoms with Crippen molar-refractivity contribution in [1.82, 2.24) is 0 Å². The summed E-state index contributed by atoms with van der Waals surface area (Å²) in [6, 6.07) is 15.2. The lowest BCUT2D eigenvalue weighted by Gasteiger charge is -2.10. The van der Waals surface area contributed by atoms with E-state index in [9.17, 15) is 20.0 Å². The number of nitro groups is 1. The zero-order valence-corrected chi connectivity index (χ0v) is 11.3. The number of hydrogen-bond donors (Lipinski definition) is 1. The maximum Gasteiger partial charge on any atom is 0.273 e. The molecule has 0 saturated heterocycles. The summed E-state index contributed by atoms with van der Waals surface area (Å²) in [5, 5.41) is 20.8. The number of carbonyl (C=O) groups is 1. The fourth-order valence-electron chi connectivity index (χ4n) is 2.10. The van der Waals surface area contributed by atoms with E-state index in [1.54, 1.807) is 12.1 Å². The molecule has 5 heteroatoms. The third-order valence-electron chi connectivity index (χ3n) is 3.20. The largest absolute Gasteiger partial charge is 0.385 e. The van der Waals surface area contributed by atoms with Crippen LogP contribution in [0.3, 0.4) is 0 Å². The lowest BCUT2D eigenvalue weighted by Crippen LogP contribution is -2.25. The molecule has 0 aliphatic carbocycles. The third kappa shape index (κ3) is 3.97. The standard InChI is InChI=1S/C16H15NO4/c18-15(10-12-6-2-1-3-7-12)16(19)11-13-8-4-5-9-14(13)17(20)21/h1-9,15,18H,10-11H2. The van der Waals surface area contributed by atoms with Gasteiger partial charge in [0.1, 0.15) is 6.10 Å². The Kier molecular flexibility index (Phi) is 4.79. The molecule has 1 N–H and O–H groups in total. The fourth-order valence-corrected chi connectivity index (χ4v) is 2.10. The van der Waals surface area contributed by atoms with Crippen molar-refractivity contribution in [1.29, 1.82) is 0 Å². The van der Waals surface area contributed by atoms with Gasteiger partial charge in [-0.1, -0.05) is 48.5 Å². The molecule has 1 unspecified atom stereocenters. The van der Waals surface area contributed by atoms with Gasteiger partial charge in [-0.25, -0.2) is 0 Å². The SMILES string of the molecule is O=C(Cc1ccccc1[N+](=O)[O-])C(O)Cc1ccccc1. The highest BCUT2D eigenvalue weighted by Gasteiger charge is 2.20. The first-order valence-electron chi connectivity index (χ1n) is 6.55. The van der Waals surface area contributed by atoms with E-state index in [4.69, 9.17) is 0 Å². The fraction of sp³-hybridized carbons (Fsp3) is 0.188. The Hall–Kier alpha value is -2.53. The van der Waals surface area contributed by atoms with Gasteiger partial charge < -0.3 is 5.11 Å². The molecule has 1 atom stereocenters. The average Bonchev–Trinajstić information content (AvgIpc) is 2.48. The van der Waals surface area contributed by atoms with Crippen LogP contribution < -0.4 is 0 Å². The zero-order valence-electron chi connectivity index (χ0n) is 11.3. The zero-order chi connectivity index (χ0) is 15.2. The number of nitrogens with zero attached hydrogens (tertiary/aromatic N) is 1.